The zero-order chi connectivity index (χ0) is 21.2. The molecule has 2 saturated carbocycles. The molecular weight excluding hydrogens is 344 g/mol. The summed E-state index contributed by atoms with van der Waals surface area (Å²) in [5.74, 6) is 2.94. The smallest absolute Gasteiger partial charge is 0.135 e. The fraction of sp³-hybridized carbons (Fsp3) is 0.962. The number of Topliss-reactive ketones (excluding diaryl/α,β-unsaturated/α-hetero) is 1. The molecule has 0 aliphatic heterocycles. The van der Waals surface area contributed by atoms with E-state index in [0.717, 1.165) is 31.3 Å². The molecular formula is C26H48O2. The Labute approximate surface area is 175 Å². The Morgan fingerprint density at radius 3 is 2.07 bits per heavy atom. The van der Waals surface area contributed by atoms with Crippen LogP contribution in [0.1, 0.15) is 113 Å². The van der Waals surface area contributed by atoms with E-state index in [9.17, 15) is 4.79 Å². The molecule has 0 aromatic rings. The van der Waals surface area contributed by atoms with Crippen LogP contribution in [0.4, 0.5) is 0 Å². The van der Waals surface area contributed by atoms with E-state index in [1.165, 1.54) is 38.5 Å². The van der Waals surface area contributed by atoms with E-state index in [-0.39, 0.29) is 11.5 Å². The van der Waals surface area contributed by atoms with E-state index in [1.54, 1.807) is 0 Å². The standard InChI is InChI=1S/C26H48O2/c1-19(2)23(27)17-22-18-26(22,8)28-16-15-25(6,7)14-12-21-10-9-20(21)11-13-24(3,4)5/h19-22H,9-18H2,1-8H3. The third-order valence-electron chi connectivity index (χ3n) is 7.69. The maximum atomic E-state index is 12.0. The molecule has 4 unspecified atom stereocenters. The van der Waals surface area contributed by atoms with Crippen LogP contribution in [0.3, 0.4) is 0 Å². The molecule has 4 atom stereocenters. The zero-order valence-corrected chi connectivity index (χ0v) is 20.2. The predicted molar refractivity (Wildman–Crippen MR) is 119 cm³/mol. The molecule has 28 heavy (non-hydrogen) atoms. The SMILES string of the molecule is CC(C)C(=O)CC1CC1(C)OCCC(C)(C)CCC1CCC1CCC(C)(C)C. The summed E-state index contributed by atoms with van der Waals surface area (Å²) in [6.07, 6.45) is 11.3. The van der Waals surface area contributed by atoms with Gasteiger partial charge < -0.3 is 4.74 Å². The molecule has 0 amide bonds. The summed E-state index contributed by atoms with van der Waals surface area (Å²) < 4.78 is 6.26. The van der Waals surface area contributed by atoms with Crippen molar-refractivity contribution in [3.8, 4) is 0 Å². The van der Waals surface area contributed by atoms with Crippen molar-refractivity contribution in [3.63, 3.8) is 0 Å². The molecule has 0 aromatic heterocycles. The Morgan fingerprint density at radius 1 is 1.00 bits per heavy atom. The molecule has 0 N–H and O–H groups in total. The topological polar surface area (TPSA) is 26.3 Å². The fourth-order valence-corrected chi connectivity index (χ4v) is 4.65. The summed E-state index contributed by atoms with van der Waals surface area (Å²) in [5, 5.41) is 0. The Hall–Kier alpha value is -0.370. The number of carbonyl (C=O) groups is 1. The number of rotatable bonds is 12. The molecule has 2 fully saturated rings. The summed E-state index contributed by atoms with van der Waals surface area (Å²) in [6, 6.07) is 0. The van der Waals surface area contributed by atoms with E-state index in [2.05, 4.69) is 41.5 Å². The maximum Gasteiger partial charge on any atom is 0.135 e. The van der Waals surface area contributed by atoms with E-state index in [0.29, 0.717) is 29.0 Å². The van der Waals surface area contributed by atoms with Crippen LogP contribution in [-0.2, 0) is 9.53 Å². The van der Waals surface area contributed by atoms with Gasteiger partial charge in [0.2, 0.25) is 0 Å². The second kappa shape index (κ2) is 9.19. The normalized spacial score (nSPS) is 30.4. The first kappa shape index (κ1) is 23.9. The van der Waals surface area contributed by atoms with Gasteiger partial charge in [-0.15, -0.1) is 0 Å². The highest BCUT2D eigenvalue weighted by Crippen LogP contribution is 2.50. The number of ketones is 1. The molecule has 0 spiro atoms. The average Bonchev–Trinajstić information content (AvgIpc) is 3.14. The molecule has 0 bridgehead atoms. The molecule has 0 heterocycles. The first-order valence-electron chi connectivity index (χ1n) is 12.0. The molecule has 2 aliphatic rings. The van der Waals surface area contributed by atoms with Gasteiger partial charge in [-0.2, -0.15) is 0 Å². The van der Waals surface area contributed by atoms with Crippen LogP contribution in [0.25, 0.3) is 0 Å². The van der Waals surface area contributed by atoms with E-state index in [4.69, 9.17) is 4.74 Å². The quantitative estimate of drug-likeness (QED) is 0.345. The number of hydrogen-bond donors (Lipinski definition) is 0. The minimum atomic E-state index is -0.0351. The minimum absolute atomic E-state index is 0.0351. The van der Waals surface area contributed by atoms with Gasteiger partial charge in [-0.05, 0) is 86.9 Å². The third-order valence-corrected chi connectivity index (χ3v) is 7.69. The summed E-state index contributed by atoms with van der Waals surface area (Å²) >= 11 is 0. The summed E-state index contributed by atoms with van der Waals surface area (Å²) in [6.45, 7) is 19.0. The summed E-state index contributed by atoms with van der Waals surface area (Å²) in [5.41, 5.74) is 0.804. The summed E-state index contributed by atoms with van der Waals surface area (Å²) in [7, 11) is 0. The monoisotopic (exact) mass is 392 g/mol. The predicted octanol–water partition coefficient (Wildman–Crippen LogP) is 7.45. The second-order valence-electron chi connectivity index (χ2n) is 12.5. The van der Waals surface area contributed by atoms with E-state index >= 15 is 0 Å². The van der Waals surface area contributed by atoms with Crippen molar-refractivity contribution in [2.75, 3.05) is 6.61 Å². The molecule has 164 valence electrons. The lowest BCUT2D eigenvalue weighted by molar-refractivity contribution is -0.122. The maximum absolute atomic E-state index is 12.0. The average molecular weight is 393 g/mol. The van der Waals surface area contributed by atoms with Crippen LogP contribution < -0.4 is 0 Å². The Bertz CT molecular complexity index is 513. The molecule has 0 saturated heterocycles. The first-order valence-corrected chi connectivity index (χ1v) is 12.0. The fourth-order valence-electron chi connectivity index (χ4n) is 4.65. The lowest BCUT2D eigenvalue weighted by Crippen LogP contribution is -2.29. The van der Waals surface area contributed by atoms with Crippen LogP contribution >= 0.6 is 0 Å². The van der Waals surface area contributed by atoms with Gasteiger partial charge in [0, 0.05) is 18.9 Å². The van der Waals surface area contributed by atoms with Crippen molar-refractivity contribution < 1.29 is 9.53 Å². The minimum Gasteiger partial charge on any atom is -0.375 e. The molecule has 0 aromatic carbocycles. The van der Waals surface area contributed by atoms with Crippen LogP contribution in [0, 0.1) is 34.5 Å². The summed E-state index contributed by atoms with van der Waals surface area (Å²) in [4.78, 5) is 12.0. The van der Waals surface area contributed by atoms with Crippen molar-refractivity contribution in [1.29, 1.82) is 0 Å². The lowest BCUT2D eigenvalue weighted by Gasteiger charge is -2.40. The van der Waals surface area contributed by atoms with Crippen LogP contribution in [0.2, 0.25) is 0 Å². The van der Waals surface area contributed by atoms with Gasteiger partial charge in [0.15, 0.2) is 0 Å². The lowest BCUT2D eigenvalue weighted by atomic mass is 9.66. The second-order valence-corrected chi connectivity index (χ2v) is 12.5. The van der Waals surface area contributed by atoms with Crippen molar-refractivity contribution >= 4 is 5.78 Å². The highest BCUT2D eigenvalue weighted by molar-refractivity contribution is 5.81. The Morgan fingerprint density at radius 2 is 1.57 bits per heavy atom. The molecule has 2 aliphatic carbocycles. The van der Waals surface area contributed by atoms with Gasteiger partial charge in [-0.25, -0.2) is 0 Å². The largest absolute Gasteiger partial charge is 0.375 e. The zero-order valence-electron chi connectivity index (χ0n) is 20.2. The Kier molecular flexibility index (Phi) is 7.85. The van der Waals surface area contributed by atoms with Crippen molar-refractivity contribution in [2.45, 2.75) is 119 Å². The van der Waals surface area contributed by atoms with Gasteiger partial charge in [0.1, 0.15) is 5.78 Å². The van der Waals surface area contributed by atoms with E-state index in [1.807, 2.05) is 13.8 Å². The van der Waals surface area contributed by atoms with Crippen molar-refractivity contribution in [2.24, 2.45) is 34.5 Å². The molecule has 2 nitrogen and oxygen atoms in total. The number of hydrogen-bond acceptors (Lipinski definition) is 2. The highest BCUT2D eigenvalue weighted by Gasteiger charge is 2.52. The van der Waals surface area contributed by atoms with Gasteiger partial charge in [0.05, 0.1) is 5.60 Å². The Balaban J connectivity index is 1.63. The van der Waals surface area contributed by atoms with Gasteiger partial charge in [-0.3, -0.25) is 4.79 Å². The van der Waals surface area contributed by atoms with Gasteiger partial charge in [-0.1, -0.05) is 48.5 Å². The van der Waals surface area contributed by atoms with Gasteiger partial charge in [0.25, 0.3) is 0 Å². The highest BCUT2D eigenvalue weighted by atomic mass is 16.5. The van der Waals surface area contributed by atoms with Crippen LogP contribution in [0.5, 0.6) is 0 Å². The first-order chi connectivity index (χ1) is 12.8. The van der Waals surface area contributed by atoms with Crippen LogP contribution in [0.15, 0.2) is 0 Å². The van der Waals surface area contributed by atoms with Crippen LogP contribution in [-0.4, -0.2) is 18.0 Å². The molecule has 2 heteroatoms. The van der Waals surface area contributed by atoms with Gasteiger partial charge >= 0.3 is 0 Å². The molecule has 2 rings (SSSR count). The van der Waals surface area contributed by atoms with Crippen molar-refractivity contribution in [1.82, 2.24) is 0 Å². The number of ether oxygens (including phenoxy) is 1. The number of carbonyl (C=O) groups excluding carboxylic acids is 1. The van der Waals surface area contributed by atoms with Crippen molar-refractivity contribution in [3.05, 3.63) is 0 Å². The van der Waals surface area contributed by atoms with E-state index < -0.39 is 0 Å². The molecule has 0 radical (unpaired) electrons. The third kappa shape index (κ3) is 7.47.